The molecule has 0 spiro atoms. The predicted molar refractivity (Wildman–Crippen MR) is 138 cm³/mol. The number of nitrogens with one attached hydrogen (secondary N) is 1. The van der Waals surface area contributed by atoms with E-state index < -0.39 is 17.7 Å². The van der Waals surface area contributed by atoms with Crippen LogP contribution in [0.4, 0.5) is 24.5 Å². The van der Waals surface area contributed by atoms with Crippen molar-refractivity contribution >= 4 is 39.1 Å². The fourth-order valence-corrected chi connectivity index (χ4v) is 4.71. The number of azo groups is 1. The number of carbonyl (C=O) groups is 1. The molecule has 7 nitrogen and oxygen atoms in total. The highest BCUT2D eigenvalue weighted by molar-refractivity contribution is 5.97. The summed E-state index contributed by atoms with van der Waals surface area (Å²) in [5, 5.41) is 29.9. The molecule has 2 aromatic heterocycles. The van der Waals surface area contributed by atoms with Crippen LogP contribution < -0.4 is 0 Å². The fourth-order valence-electron chi connectivity index (χ4n) is 4.71. The molecule has 194 valence electrons. The van der Waals surface area contributed by atoms with Gasteiger partial charge in [0.05, 0.1) is 16.6 Å². The van der Waals surface area contributed by atoms with Gasteiger partial charge >= 0.3 is 12.1 Å². The van der Waals surface area contributed by atoms with Crippen molar-refractivity contribution in [3.8, 4) is 11.6 Å². The Bertz CT molecular complexity index is 1710. The number of aromatic nitrogens is 2. The first-order valence-electron chi connectivity index (χ1n) is 11.8. The Balaban J connectivity index is 1.66. The number of nitrogens with zero attached hydrogens (tertiary/aromatic N) is 3. The Morgan fingerprint density at radius 2 is 1.74 bits per heavy atom. The van der Waals surface area contributed by atoms with Crippen molar-refractivity contribution < 1.29 is 28.2 Å². The molecule has 5 aromatic rings. The van der Waals surface area contributed by atoms with E-state index in [9.17, 15) is 23.1 Å². The zero-order valence-corrected chi connectivity index (χ0v) is 20.5. The van der Waals surface area contributed by atoms with Gasteiger partial charge in [0, 0.05) is 29.1 Å². The van der Waals surface area contributed by atoms with Crippen LogP contribution in [0.2, 0.25) is 0 Å². The summed E-state index contributed by atoms with van der Waals surface area (Å²) in [5.74, 6) is -1.24. The van der Waals surface area contributed by atoms with E-state index >= 15 is 0 Å². The van der Waals surface area contributed by atoms with Gasteiger partial charge in [-0.1, -0.05) is 18.2 Å². The predicted octanol–water partition coefficient (Wildman–Crippen LogP) is 7.89. The van der Waals surface area contributed by atoms with Crippen molar-refractivity contribution in [2.24, 2.45) is 10.2 Å². The Labute approximate surface area is 214 Å². The van der Waals surface area contributed by atoms with E-state index in [1.165, 1.54) is 10.6 Å². The normalized spacial score (nSPS) is 12.2. The number of rotatable bonds is 6. The van der Waals surface area contributed by atoms with Crippen LogP contribution >= 0.6 is 0 Å². The van der Waals surface area contributed by atoms with E-state index in [4.69, 9.17) is 5.11 Å². The van der Waals surface area contributed by atoms with Crippen molar-refractivity contribution in [1.29, 1.82) is 0 Å². The quantitative estimate of drug-likeness (QED) is 0.198. The van der Waals surface area contributed by atoms with Gasteiger partial charge in [0.1, 0.15) is 5.69 Å². The highest BCUT2D eigenvalue weighted by atomic mass is 19.4. The summed E-state index contributed by atoms with van der Waals surface area (Å²) in [6.45, 7) is 3.73. The number of alkyl halides is 3. The second kappa shape index (κ2) is 9.37. The van der Waals surface area contributed by atoms with Gasteiger partial charge in [-0.25, -0.2) is 0 Å². The van der Waals surface area contributed by atoms with E-state index in [0.717, 1.165) is 34.2 Å². The summed E-state index contributed by atoms with van der Waals surface area (Å²) in [5.41, 5.74) is 3.47. The summed E-state index contributed by atoms with van der Waals surface area (Å²) < 4.78 is 42.0. The molecule has 0 unspecified atom stereocenters. The number of hydrogen-bond acceptors (Lipinski definition) is 4. The Hall–Kier alpha value is -4.60. The number of aromatic amines is 1. The van der Waals surface area contributed by atoms with Crippen molar-refractivity contribution in [2.75, 3.05) is 0 Å². The second-order valence-electron chi connectivity index (χ2n) is 9.19. The maximum absolute atomic E-state index is 13.6. The van der Waals surface area contributed by atoms with Crippen LogP contribution in [0.1, 0.15) is 28.7 Å². The number of aromatic hydroxyl groups is 1. The molecule has 2 heterocycles. The highest BCUT2D eigenvalue weighted by Gasteiger charge is 2.32. The van der Waals surface area contributed by atoms with E-state index in [1.807, 2.05) is 26.0 Å². The van der Waals surface area contributed by atoms with Crippen molar-refractivity contribution in [1.82, 2.24) is 9.55 Å². The summed E-state index contributed by atoms with van der Waals surface area (Å²) in [7, 11) is 0. The molecule has 0 saturated heterocycles. The Morgan fingerprint density at radius 3 is 2.42 bits per heavy atom. The molecule has 0 aliphatic heterocycles. The number of fused-ring (bicyclic) bond motifs is 2. The molecule has 0 radical (unpaired) electrons. The molecule has 0 aliphatic carbocycles. The van der Waals surface area contributed by atoms with Gasteiger partial charge in [-0.15, -0.1) is 10.2 Å². The lowest BCUT2D eigenvalue weighted by atomic mass is 10.1. The zero-order chi connectivity index (χ0) is 27.2. The minimum Gasteiger partial charge on any atom is -0.493 e. The summed E-state index contributed by atoms with van der Waals surface area (Å²) in [6, 6.07) is 14.0. The third-order valence-corrected chi connectivity index (χ3v) is 6.35. The Kier molecular flexibility index (Phi) is 6.18. The average molecular weight is 521 g/mol. The number of hydrogen-bond donors (Lipinski definition) is 3. The number of carboxylic acid groups (broad SMARTS) is 1. The lowest BCUT2D eigenvalue weighted by Gasteiger charge is -2.11. The molecule has 0 atom stereocenters. The van der Waals surface area contributed by atoms with Gasteiger partial charge in [-0.3, -0.25) is 9.36 Å². The second-order valence-corrected chi connectivity index (χ2v) is 9.19. The first-order valence-corrected chi connectivity index (χ1v) is 11.8. The van der Waals surface area contributed by atoms with Gasteiger partial charge in [0.15, 0.2) is 5.69 Å². The molecule has 0 aliphatic rings. The van der Waals surface area contributed by atoms with Gasteiger partial charge in [0.2, 0.25) is 5.88 Å². The molecule has 0 bridgehead atoms. The highest BCUT2D eigenvalue weighted by Crippen LogP contribution is 2.44. The van der Waals surface area contributed by atoms with Gasteiger partial charge in [-0.2, -0.15) is 13.2 Å². The Morgan fingerprint density at radius 1 is 1.00 bits per heavy atom. The largest absolute Gasteiger partial charge is 0.493 e. The van der Waals surface area contributed by atoms with Crippen LogP contribution in [0.15, 0.2) is 71.0 Å². The summed E-state index contributed by atoms with van der Waals surface area (Å²) >= 11 is 0. The van der Waals surface area contributed by atoms with Crippen molar-refractivity contribution in [3.05, 3.63) is 83.0 Å². The SMILES string of the molecule is Cc1cc(C)cc(-n2c(O)c(N=Nc3cccc4c(CCC(=O)O)c[nH]c34)c3ccc(C(F)(F)F)cc32)c1. The number of carboxylic acids is 1. The molecule has 5 rings (SSSR count). The van der Waals surface area contributed by atoms with E-state index in [2.05, 4.69) is 15.2 Å². The third kappa shape index (κ3) is 4.60. The van der Waals surface area contributed by atoms with E-state index in [0.29, 0.717) is 28.7 Å². The number of aliphatic carboxylic acids is 1. The number of halogens is 3. The smallest absolute Gasteiger partial charge is 0.416 e. The number of aryl methyl sites for hydroxylation is 3. The van der Waals surface area contributed by atoms with Crippen LogP contribution in [0, 0.1) is 13.8 Å². The van der Waals surface area contributed by atoms with Crippen LogP contribution in [0.3, 0.4) is 0 Å². The molecule has 3 aromatic carbocycles. The molecule has 0 amide bonds. The standard InChI is InChI=1S/C28H23F3N4O3/c1-15-10-16(2)12-19(11-15)35-23-13-18(28(29,30)31)7-8-21(23)26(27(35)38)34-33-22-5-3-4-20-17(6-9-24(36)37)14-32-25(20)22/h3-5,7-8,10-14,32,38H,6,9H2,1-2H3,(H,36,37). The first kappa shape index (κ1) is 25.1. The van der Waals surface area contributed by atoms with Crippen LogP contribution in [0.25, 0.3) is 27.5 Å². The van der Waals surface area contributed by atoms with Gasteiger partial charge < -0.3 is 15.2 Å². The number of H-pyrrole nitrogens is 1. The fraction of sp³-hybridized carbons (Fsp3) is 0.179. The van der Waals surface area contributed by atoms with E-state index in [-0.39, 0.29) is 23.5 Å². The van der Waals surface area contributed by atoms with E-state index in [1.54, 1.807) is 30.5 Å². The average Bonchev–Trinajstić information content (AvgIpc) is 3.38. The van der Waals surface area contributed by atoms with Crippen LogP contribution in [-0.4, -0.2) is 25.7 Å². The molecular formula is C28H23F3N4O3. The number of para-hydroxylation sites is 1. The lowest BCUT2D eigenvalue weighted by molar-refractivity contribution is -0.138. The zero-order valence-electron chi connectivity index (χ0n) is 20.5. The molecule has 38 heavy (non-hydrogen) atoms. The lowest BCUT2D eigenvalue weighted by Crippen LogP contribution is -2.05. The summed E-state index contributed by atoms with van der Waals surface area (Å²) in [6.07, 6.45) is -2.54. The third-order valence-electron chi connectivity index (χ3n) is 6.35. The molecule has 3 N–H and O–H groups in total. The van der Waals surface area contributed by atoms with Gasteiger partial charge in [-0.05, 0) is 73.4 Å². The van der Waals surface area contributed by atoms with Crippen LogP contribution in [-0.2, 0) is 17.4 Å². The van der Waals surface area contributed by atoms with Gasteiger partial charge in [0.25, 0.3) is 0 Å². The maximum Gasteiger partial charge on any atom is 0.416 e. The topological polar surface area (TPSA) is 103 Å². The minimum absolute atomic E-state index is 0.0234. The molecule has 0 saturated carbocycles. The maximum atomic E-state index is 13.6. The summed E-state index contributed by atoms with van der Waals surface area (Å²) in [4.78, 5) is 14.1. The minimum atomic E-state index is -4.56. The molecular weight excluding hydrogens is 497 g/mol. The first-order chi connectivity index (χ1) is 18.0. The monoisotopic (exact) mass is 520 g/mol. The van der Waals surface area contributed by atoms with Crippen LogP contribution in [0.5, 0.6) is 5.88 Å². The number of benzene rings is 3. The van der Waals surface area contributed by atoms with Crippen molar-refractivity contribution in [3.63, 3.8) is 0 Å². The molecule has 0 fully saturated rings. The van der Waals surface area contributed by atoms with Crippen molar-refractivity contribution in [2.45, 2.75) is 32.9 Å². The molecule has 10 heteroatoms.